The molecule has 7 heteroatoms. The number of aliphatic carboxylic acids is 1. The van der Waals surface area contributed by atoms with E-state index in [1.807, 2.05) is 0 Å². The zero-order valence-electron chi connectivity index (χ0n) is 9.33. The summed E-state index contributed by atoms with van der Waals surface area (Å²) in [4.78, 5) is 10.9. The molecule has 5 atom stereocenters. The Morgan fingerprint density at radius 2 is 1.61 bits per heavy atom. The second-order valence-electron chi connectivity index (χ2n) is 4.08. The Labute approximate surface area is 102 Å². The molecule has 18 heavy (non-hydrogen) atoms. The van der Waals surface area contributed by atoms with Gasteiger partial charge in [-0.1, -0.05) is 6.07 Å². The molecular formula is C11H14NO6+. The minimum Gasteiger partial charge on any atom is -0.479 e. The smallest absolute Gasteiger partial charge is 0.335 e. The van der Waals surface area contributed by atoms with Crippen LogP contribution in [0.2, 0.25) is 0 Å². The van der Waals surface area contributed by atoms with Gasteiger partial charge in [-0.3, -0.25) is 0 Å². The minimum absolute atomic E-state index is 1.06. The number of aromatic nitrogens is 1. The molecule has 0 spiro atoms. The van der Waals surface area contributed by atoms with Crippen LogP contribution >= 0.6 is 0 Å². The summed E-state index contributed by atoms with van der Waals surface area (Å²) >= 11 is 0. The van der Waals surface area contributed by atoms with Gasteiger partial charge in [-0.25, -0.2) is 4.79 Å². The molecule has 0 aliphatic carbocycles. The standard InChI is InChI=1S/C11H13NO6/c13-6-7(14)9(11(16)17)18-10(8(6)15)12-4-2-1-3-5-12/h1-10,13-15H/p+1. The predicted octanol–water partition coefficient (Wildman–Crippen LogP) is -1.96. The normalized spacial score (nSPS) is 36.3. The molecule has 1 fully saturated rings. The number of rotatable bonds is 2. The molecule has 0 amide bonds. The Balaban J connectivity index is 2.28. The molecule has 1 saturated heterocycles. The average molecular weight is 256 g/mol. The van der Waals surface area contributed by atoms with E-state index in [9.17, 15) is 20.1 Å². The van der Waals surface area contributed by atoms with E-state index in [1.54, 1.807) is 30.6 Å². The van der Waals surface area contributed by atoms with Crippen LogP contribution in [0.4, 0.5) is 0 Å². The van der Waals surface area contributed by atoms with Gasteiger partial charge in [-0.05, 0) is 0 Å². The lowest BCUT2D eigenvalue weighted by Crippen LogP contribution is -2.63. The molecule has 0 aromatic carbocycles. The predicted molar refractivity (Wildman–Crippen MR) is 56.2 cm³/mol. The quantitative estimate of drug-likeness (QED) is 0.457. The zero-order chi connectivity index (χ0) is 13.3. The van der Waals surface area contributed by atoms with E-state index < -0.39 is 36.6 Å². The monoisotopic (exact) mass is 256 g/mol. The van der Waals surface area contributed by atoms with Gasteiger partial charge in [0.05, 0.1) is 0 Å². The molecule has 2 rings (SSSR count). The summed E-state index contributed by atoms with van der Waals surface area (Å²) in [5.41, 5.74) is 0. The van der Waals surface area contributed by atoms with Crippen molar-refractivity contribution in [3.05, 3.63) is 30.6 Å². The molecule has 4 N–H and O–H groups in total. The number of ether oxygens (including phenoxy) is 1. The molecule has 0 bridgehead atoms. The Morgan fingerprint density at radius 3 is 2.17 bits per heavy atom. The lowest BCUT2D eigenvalue weighted by Gasteiger charge is -2.35. The molecule has 1 aromatic heterocycles. The number of hydrogen-bond donors (Lipinski definition) is 4. The fourth-order valence-corrected chi connectivity index (χ4v) is 1.89. The van der Waals surface area contributed by atoms with E-state index in [0.717, 1.165) is 0 Å². The van der Waals surface area contributed by atoms with Gasteiger partial charge in [0.15, 0.2) is 24.6 Å². The number of aliphatic hydroxyl groups is 3. The molecule has 1 aliphatic rings. The summed E-state index contributed by atoms with van der Waals surface area (Å²) in [6, 6.07) is 5.08. The zero-order valence-corrected chi connectivity index (χ0v) is 9.33. The first kappa shape index (κ1) is 12.9. The summed E-state index contributed by atoms with van der Waals surface area (Å²) in [6.07, 6.45) is -4.18. The summed E-state index contributed by atoms with van der Waals surface area (Å²) in [7, 11) is 0. The van der Waals surface area contributed by atoms with Crippen molar-refractivity contribution in [2.75, 3.05) is 0 Å². The topological polar surface area (TPSA) is 111 Å². The lowest BCUT2D eigenvalue weighted by atomic mass is 9.98. The third-order valence-corrected chi connectivity index (χ3v) is 2.86. The van der Waals surface area contributed by atoms with Crippen LogP contribution < -0.4 is 4.57 Å². The Bertz CT molecular complexity index is 425. The second kappa shape index (κ2) is 4.99. The van der Waals surface area contributed by atoms with E-state index in [0.29, 0.717) is 0 Å². The number of nitrogens with zero attached hydrogens (tertiary/aromatic N) is 1. The summed E-state index contributed by atoms with van der Waals surface area (Å²) in [6.45, 7) is 0. The van der Waals surface area contributed by atoms with Crippen LogP contribution in [0.1, 0.15) is 6.23 Å². The lowest BCUT2D eigenvalue weighted by molar-refractivity contribution is -0.777. The van der Waals surface area contributed by atoms with Crippen LogP contribution in [0.3, 0.4) is 0 Å². The van der Waals surface area contributed by atoms with Crippen molar-refractivity contribution in [3.63, 3.8) is 0 Å². The highest BCUT2D eigenvalue weighted by Crippen LogP contribution is 2.24. The van der Waals surface area contributed by atoms with Gasteiger partial charge in [0.2, 0.25) is 0 Å². The first-order valence-electron chi connectivity index (χ1n) is 5.40. The van der Waals surface area contributed by atoms with Gasteiger partial charge in [-0.2, -0.15) is 4.57 Å². The van der Waals surface area contributed by atoms with E-state index in [4.69, 9.17) is 9.84 Å². The maximum atomic E-state index is 10.9. The fraction of sp³-hybridized carbons (Fsp3) is 0.455. The summed E-state index contributed by atoms with van der Waals surface area (Å²) in [5.74, 6) is -1.39. The van der Waals surface area contributed by atoms with Gasteiger partial charge in [0, 0.05) is 12.1 Å². The molecule has 7 nitrogen and oxygen atoms in total. The second-order valence-corrected chi connectivity index (χ2v) is 4.08. The van der Waals surface area contributed by atoms with Crippen LogP contribution in [0.15, 0.2) is 30.6 Å². The van der Waals surface area contributed by atoms with E-state index in [1.165, 1.54) is 4.57 Å². The number of carbonyl (C=O) groups is 1. The van der Waals surface area contributed by atoms with E-state index in [-0.39, 0.29) is 0 Å². The number of hydrogen-bond acceptors (Lipinski definition) is 5. The molecule has 1 aromatic rings. The Morgan fingerprint density at radius 1 is 1.00 bits per heavy atom. The van der Waals surface area contributed by atoms with Crippen molar-refractivity contribution in [2.24, 2.45) is 0 Å². The molecular weight excluding hydrogens is 242 g/mol. The largest absolute Gasteiger partial charge is 0.479 e. The summed E-state index contributed by atoms with van der Waals surface area (Å²) < 4.78 is 6.56. The van der Waals surface area contributed by atoms with Crippen LogP contribution in [0.5, 0.6) is 0 Å². The van der Waals surface area contributed by atoms with Crippen molar-refractivity contribution >= 4 is 5.97 Å². The first-order chi connectivity index (χ1) is 8.52. The van der Waals surface area contributed by atoms with Crippen molar-refractivity contribution in [1.82, 2.24) is 0 Å². The van der Waals surface area contributed by atoms with Crippen molar-refractivity contribution in [2.45, 2.75) is 30.6 Å². The average Bonchev–Trinajstić information content (AvgIpc) is 2.37. The van der Waals surface area contributed by atoms with Crippen molar-refractivity contribution in [1.29, 1.82) is 0 Å². The SMILES string of the molecule is O=C(O)C1OC([n+]2ccccc2)C(O)C(O)C1O. The van der Waals surface area contributed by atoms with Gasteiger partial charge in [0.25, 0.3) is 6.23 Å². The molecule has 2 heterocycles. The van der Waals surface area contributed by atoms with Crippen LogP contribution in [-0.4, -0.2) is 50.8 Å². The van der Waals surface area contributed by atoms with E-state index in [2.05, 4.69) is 0 Å². The molecule has 1 aliphatic heterocycles. The molecule has 0 saturated carbocycles. The number of carboxylic acids is 1. The van der Waals surface area contributed by atoms with Crippen molar-refractivity contribution in [3.8, 4) is 0 Å². The van der Waals surface area contributed by atoms with Gasteiger partial charge in [0.1, 0.15) is 12.2 Å². The van der Waals surface area contributed by atoms with Gasteiger partial charge < -0.3 is 25.2 Å². The number of carboxylic acid groups (broad SMARTS) is 1. The Hall–Kier alpha value is -1.54. The Kier molecular flexibility index (Phi) is 3.58. The number of pyridine rings is 1. The highest BCUT2D eigenvalue weighted by Gasteiger charge is 2.50. The van der Waals surface area contributed by atoms with E-state index >= 15 is 0 Å². The third-order valence-electron chi connectivity index (χ3n) is 2.86. The van der Waals surface area contributed by atoms with Crippen LogP contribution in [-0.2, 0) is 9.53 Å². The van der Waals surface area contributed by atoms with Gasteiger partial charge >= 0.3 is 5.97 Å². The maximum absolute atomic E-state index is 10.9. The van der Waals surface area contributed by atoms with Crippen LogP contribution in [0, 0.1) is 0 Å². The van der Waals surface area contributed by atoms with Gasteiger partial charge in [-0.15, -0.1) is 0 Å². The molecule has 0 radical (unpaired) electrons. The summed E-state index contributed by atoms with van der Waals surface area (Å²) in [5, 5.41) is 37.9. The minimum atomic E-state index is -1.67. The molecule has 5 unspecified atom stereocenters. The molecule has 98 valence electrons. The number of aliphatic hydroxyl groups excluding tert-OH is 3. The first-order valence-corrected chi connectivity index (χ1v) is 5.40. The van der Waals surface area contributed by atoms with Crippen molar-refractivity contribution < 1.29 is 34.5 Å². The highest BCUT2D eigenvalue weighted by atomic mass is 16.6. The highest BCUT2D eigenvalue weighted by molar-refractivity contribution is 5.73. The van der Waals surface area contributed by atoms with Crippen LogP contribution in [0.25, 0.3) is 0 Å². The third kappa shape index (κ3) is 2.21. The maximum Gasteiger partial charge on any atom is 0.335 e. The fourth-order valence-electron chi connectivity index (χ4n) is 1.89.